The van der Waals surface area contributed by atoms with Crippen LogP contribution in [0.3, 0.4) is 0 Å². The zero-order valence-electron chi connectivity index (χ0n) is 37.9. The first-order chi connectivity index (χ1) is 24.0. The molecule has 0 aromatic rings. The Bertz CT molecular complexity index is 847. The second kappa shape index (κ2) is 33.4. The van der Waals surface area contributed by atoms with Crippen molar-refractivity contribution in [3.05, 3.63) is 9.93 Å². The summed E-state index contributed by atoms with van der Waals surface area (Å²) < 4.78 is 0. The van der Waals surface area contributed by atoms with Gasteiger partial charge in [0.25, 0.3) is 0 Å². The lowest BCUT2D eigenvalue weighted by molar-refractivity contribution is -0.670. The highest BCUT2D eigenvalue weighted by molar-refractivity contribution is 4.98. The van der Waals surface area contributed by atoms with Crippen LogP contribution in [-0.4, -0.2) is 152 Å². The van der Waals surface area contributed by atoms with Crippen LogP contribution in [0, 0.1) is 9.93 Å². The van der Waals surface area contributed by atoms with Crippen LogP contribution in [0.2, 0.25) is 0 Å². The van der Waals surface area contributed by atoms with Gasteiger partial charge in [0.1, 0.15) is 0 Å². The topological polar surface area (TPSA) is 359 Å². The molecule has 14 N–H and O–H groups in total. The summed E-state index contributed by atoms with van der Waals surface area (Å²) in [7, 11) is 0. The van der Waals surface area contributed by atoms with E-state index in [-0.39, 0.29) is 127 Å². The zero-order chi connectivity index (χ0) is 44.3. The van der Waals surface area contributed by atoms with Gasteiger partial charge < -0.3 is 73.2 Å². The number of piperidine rings is 4. The van der Waals surface area contributed by atoms with Crippen molar-refractivity contribution in [2.45, 2.75) is 275 Å². The molecule has 394 valence electrons. The molecule has 0 radical (unpaired) electrons. The monoisotopic (exact) mass is 926 g/mol. The van der Waals surface area contributed by atoms with E-state index >= 15 is 0 Å². The van der Waals surface area contributed by atoms with E-state index in [0.29, 0.717) is 51.4 Å². The molecule has 4 saturated heterocycles. The molecule has 4 heterocycles. The van der Waals surface area contributed by atoms with Crippen LogP contribution in [0.5, 0.6) is 0 Å². The highest BCUT2D eigenvalue weighted by atomic mass is 17.0. The van der Waals surface area contributed by atoms with Gasteiger partial charge in [-0.05, 0) is 162 Å². The molecule has 0 atom stereocenters. The van der Waals surface area contributed by atoms with Crippen molar-refractivity contribution < 1.29 is 76.1 Å². The van der Waals surface area contributed by atoms with Crippen molar-refractivity contribution in [1.29, 1.82) is 0 Å². The molecule has 0 bridgehead atoms. The smallest absolute Gasteiger partial charge is 0.727 e. The number of hydrogen-bond acceptors (Lipinski definition) is 18. The van der Waals surface area contributed by atoms with Crippen molar-refractivity contribution in [3.63, 3.8) is 0 Å². The lowest BCUT2D eigenvalue weighted by Gasteiger charge is -2.50. The summed E-state index contributed by atoms with van der Waals surface area (Å²) in [4.78, 5) is 14.0. The Morgan fingerprint density at radius 1 is 0.339 bits per heavy atom. The SMILES string of the molecule is C.C.C.C.C.C.CC1(C)CC(O)CC(C)(C)N1O.CC1(C)CC(O)CC(C)(C)N1O.CC1(C)CC(O)CC(C)(C)N1O.CC1(C)CC(O)CC(C)(C)N1O.O.O.O=O.[H+].[HH].[O-]O.[O-]O. The molecule has 0 unspecified atom stereocenters. The van der Waals surface area contributed by atoms with E-state index in [9.17, 15) is 41.3 Å². The Hall–Kier alpha value is -1.12. The summed E-state index contributed by atoms with van der Waals surface area (Å²) in [5.74, 6) is 0. The molecule has 4 rings (SSSR count). The molecule has 0 aliphatic carbocycles. The molecule has 20 nitrogen and oxygen atoms in total. The van der Waals surface area contributed by atoms with Crippen molar-refractivity contribution in [2.75, 3.05) is 0 Å². The van der Waals surface area contributed by atoms with Crippen LogP contribution in [0.15, 0.2) is 0 Å². The van der Waals surface area contributed by atoms with Crippen molar-refractivity contribution in [2.24, 2.45) is 0 Å². The Morgan fingerprint density at radius 3 is 0.468 bits per heavy atom. The molecular formula is C42H109N4O16-. The molecular weight excluding hydrogens is 816 g/mol. The maximum Gasteiger partial charge on any atom is 1.00 e. The van der Waals surface area contributed by atoms with Crippen molar-refractivity contribution in [3.8, 4) is 0 Å². The fourth-order valence-corrected chi connectivity index (χ4v) is 8.87. The number of rotatable bonds is 0. The predicted molar refractivity (Wildman–Crippen MR) is 251 cm³/mol. The van der Waals surface area contributed by atoms with Crippen molar-refractivity contribution in [1.82, 2.24) is 20.3 Å². The second-order valence-electron chi connectivity index (χ2n) is 20.0. The summed E-state index contributed by atoms with van der Waals surface area (Å²) in [5.41, 5.74) is -2.55. The molecule has 0 aromatic heterocycles. The number of aliphatic hydroxyl groups excluding tert-OH is 4. The van der Waals surface area contributed by atoms with Crippen LogP contribution in [-0.2, 0) is 0 Å². The van der Waals surface area contributed by atoms with Gasteiger partial charge in [0.2, 0.25) is 0 Å². The van der Waals surface area contributed by atoms with E-state index in [2.05, 4.69) is 0 Å². The molecule has 4 aliphatic rings. The Morgan fingerprint density at radius 2 is 0.403 bits per heavy atom. The van der Waals surface area contributed by atoms with E-state index in [1.807, 2.05) is 111 Å². The van der Waals surface area contributed by atoms with Gasteiger partial charge >= 0.3 is 1.43 Å². The van der Waals surface area contributed by atoms with Gasteiger partial charge in [-0.25, -0.2) is 0 Å². The average molecular weight is 926 g/mol. The maximum atomic E-state index is 9.80. The van der Waals surface area contributed by atoms with Gasteiger partial charge in [-0.2, -0.15) is 20.3 Å². The van der Waals surface area contributed by atoms with Crippen LogP contribution in [0.4, 0.5) is 0 Å². The lowest BCUT2D eigenvalue weighted by atomic mass is 9.80. The van der Waals surface area contributed by atoms with Crippen LogP contribution in [0.1, 0.15) is 210 Å². The minimum absolute atomic E-state index is 0. The summed E-state index contributed by atoms with van der Waals surface area (Å²) in [6.07, 6.45) is 3.88. The number of hydrogen-bond donors (Lipinski definition) is 10. The third-order valence-corrected chi connectivity index (χ3v) is 10.5. The summed E-state index contributed by atoms with van der Waals surface area (Å²) in [6.45, 7) is 31.1. The van der Waals surface area contributed by atoms with Gasteiger partial charge in [-0.15, -0.1) is 0 Å². The summed E-state index contributed by atoms with van der Waals surface area (Å²) >= 11 is 0. The second-order valence-corrected chi connectivity index (χ2v) is 20.0. The van der Waals surface area contributed by atoms with Gasteiger partial charge in [-0.3, -0.25) is 0 Å². The number of aliphatic hydroxyl groups is 4. The number of nitrogens with zero attached hydrogens (tertiary/aromatic N) is 4. The molecule has 0 saturated carbocycles. The van der Waals surface area contributed by atoms with Crippen LogP contribution >= 0.6 is 0 Å². The molecule has 0 aromatic carbocycles. The fourth-order valence-electron chi connectivity index (χ4n) is 8.87. The normalized spacial score (nSPS) is 23.9. The molecule has 4 fully saturated rings. The Balaban J connectivity index is -0.0000000450. The van der Waals surface area contributed by atoms with Gasteiger partial charge in [-0.1, -0.05) is 44.6 Å². The number of hydroxylamine groups is 8. The molecule has 0 amide bonds. The van der Waals surface area contributed by atoms with E-state index < -0.39 is 0 Å². The summed E-state index contributed by atoms with van der Waals surface area (Å²) in [5, 5.41) is 109. The predicted octanol–water partition coefficient (Wildman–Crippen LogP) is 5.79. The zero-order valence-corrected chi connectivity index (χ0v) is 36.9. The first-order valence-electron chi connectivity index (χ1n) is 18.2. The van der Waals surface area contributed by atoms with Crippen molar-refractivity contribution >= 4 is 0 Å². The molecule has 4 aliphatic heterocycles. The molecule has 20 heteroatoms. The standard InChI is InChI=1S/4C9H19NO2.6CH4.2H2O2.O2.2H2O.H2/c4*1-8(2)5-7(11)6-9(3,4)10(8)12;;;;;;;3*1-2;;;/h4*7,11-12H,5-6H2,1-4H3;6*1H4;2*1-2H;;2*1H2;1H/p-1. The minimum Gasteiger partial charge on any atom is -0.727 e. The highest BCUT2D eigenvalue weighted by Gasteiger charge is 2.47. The average Bonchev–Trinajstić information content (AvgIpc) is 2.98. The van der Waals surface area contributed by atoms with E-state index in [0.717, 1.165) is 0 Å². The van der Waals surface area contributed by atoms with Crippen LogP contribution < -0.4 is 10.5 Å². The summed E-state index contributed by atoms with van der Waals surface area (Å²) in [6, 6.07) is 0. The van der Waals surface area contributed by atoms with Gasteiger partial charge in [0, 0.05) is 55.7 Å². The quantitative estimate of drug-likeness (QED) is 0.101. The fraction of sp³-hybridized carbons (Fsp3) is 1.00. The minimum atomic E-state index is -0.318. The van der Waals surface area contributed by atoms with E-state index in [4.69, 9.17) is 31.0 Å². The van der Waals surface area contributed by atoms with Gasteiger partial charge in [0.15, 0.2) is 0 Å². The van der Waals surface area contributed by atoms with E-state index in [1.54, 1.807) is 0 Å². The largest absolute Gasteiger partial charge is 1.00 e. The Kier molecular flexibility index (Phi) is 47.2. The first-order valence-corrected chi connectivity index (χ1v) is 18.2. The molecule has 0 spiro atoms. The highest BCUT2D eigenvalue weighted by Crippen LogP contribution is 2.39. The lowest BCUT2D eigenvalue weighted by Crippen LogP contribution is -2.60. The molecule has 62 heavy (non-hydrogen) atoms. The third kappa shape index (κ3) is 26.1. The maximum absolute atomic E-state index is 9.80. The third-order valence-electron chi connectivity index (χ3n) is 10.5. The van der Waals surface area contributed by atoms with Crippen LogP contribution in [0.25, 0.3) is 0 Å². The van der Waals surface area contributed by atoms with E-state index in [1.165, 1.54) is 20.3 Å². The van der Waals surface area contributed by atoms with Gasteiger partial charge in [0.05, 0.1) is 24.4 Å². The first kappa shape index (κ1) is 87.7. The Labute approximate surface area is 381 Å².